The van der Waals surface area contributed by atoms with E-state index in [1.165, 1.54) is 5.19 Å². The van der Waals surface area contributed by atoms with Crippen molar-refractivity contribution in [2.75, 3.05) is 32.3 Å². The molecule has 1 unspecified atom stereocenters. The lowest BCUT2D eigenvalue weighted by atomic mass is 9.86. The number of aliphatic hydroxyl groups excluding tert-OH is 1. The van der Waals surface area contributed by atoms with Gasteiger partial charge < -0.3 is 24.2 Å². The van der Waals surface area contributed by atoms with Gasteiger partial charge in [-0.3, -0.25) is 9.48 Å². The minimum atomic E-state index is -2.14. The summed E-state index contributed by atoms with van der Waals surface area (Å²) in [7, 11) is 1.32. The number of methoxy groups -OCH3 is 2. The highest BCUT2D eigenvalue weighted by Gasteiger charge is 2.47. The van der Waals surface area contributed by atoms with Crippen LogP contribution >= 0.6 is 0 Å². The van der Waals surface area contributed by atoms with Crippen LogP contribution in [0.4, 0.5) is 5.69 Å². The number of aliphatic hydroxyl groups is 1. The van der Waals surface area contributed by atoms with Crippen molar-refractivity contribution in [1.29, 1.82) is 0 Å². The molecule has 2 aliphatic heterocycles. The summed E-state index contributed by atoms with van der Waals surface area (Å²) in [6, 6.07) is 14.6. The number of piperidine rings is 1. The summed E-state index contributed by atoms with van der Waals surface area (Å²) in [5, 5.41) is 19.2. The number of fused-ring (bicyclic) bond motifs is 1. The zero-order chi connectivity index (χ0) is 29.9. The Labute approximate surface area is 249 Å². The Balaban J connectivity index is 1.48. The van der Waals surface area contributed by atoms with Gasteiger partial charge in [0.05, 0.1) is 27.0 Å². The largest absolute Gasteiger partial charge is 0.497 e. The molecule has 0 radical (unpaired) electrons. The Morgan fingerprint density at radius 1 is 1.14 bits per heavy atom. The Morgan fingerprint density at radius 3 is 2.62 bits per heavy atom. The van der Waals surface area contributed by atoms with Gasteiger partial charge in [0.15, 0.2) is 0 Å². The molecular formula is C32H44N4O5Si. The molecule has 0 saturated carbocycles. The van der Waals surface area contributed by atoms with Crippen LogP contribution in [0.5, 0.6) is 11.5 Å². The van der Waals surface area contributed by atoms with Crippen molar-refractivity contribution < 1.29 is 24.1 Å². The highest BCUT2D eigenvalue weighted by molar-refractivity contribution is 6.91. The number of anilines is 1. The average Bonchev–Trinajstić information content (AvgIpc) is 3.45. The Morgan fingerprint density at radius 2 is 1.93 bits per heavy atom. The number of hydrogen-bond donors (Lipinski definition) is 1. The number of amides is 1. The summed E-state index contributed by atoms with van der Waals surface area (Å²) < 4.78 is 20.5. The molecule has 42 heavy (non-hydrogen) atoms. The molecule has 10 heteroatoms. The first-order valence-corrected chi connectivity index (χ1v) is 18.1. The number of aromatic nitrogens is 3. The maximum absolute atomic E-state index is 12.7. The summed E-state index contributed by atoms with van der Waals surface area (Å²) >= 11 is 0. The van der Waals surface area contributed by atoms with Crippen LogP contribution in [-0.4, -0.2) is 67.6 Å². The van der Waals surface area contributed by atoms with Gasteiger partial charge in [0.2, 0.25) is 5.91 Å². The smallest absolute Gasteiger partial charge is 0.226 e. The van der Waals surface area contributed by atoms with Crippen molar-refractivity contribution >= 4 is 24.9 Å². The monoisotopic (exact) mass is 592 g/mol. The number of hydrogen-bond acceptors (Lipinski definition) is 7. The molecule has 9 nitrogen and oxygen atoms in total. The molecule has 2 aromatic carbocycles. The summed E-state index contributed by atoms with van der Waals surface area (Å²) in [5.74, 6) is 1.93. The van der Waals surface area contributed by atoms with E-state index in [0.29, 0.717) is 19.4 Å². The second-order valence-electron chi connectivity index (χ2n) is 12.1. The first-order chi connectivity index (χ1) is 20.3. The number of aryl methyl sites for hydroxylation is 1. The molecule has 3 aromatic rings. The van der Waals surface area contributed by atoms with Crippen LogP contribution < -0.4 is 19.6 Å². The minimum Gasteiger partial charge on any atom is -0.497 e. The lowest BCUT2D eigenvalue weighted by Gasteiger charge is -2.46. The molecular weight excluding hydrogens is 548 g/mol. The fourth-order valence-electron chi connectivity index (χ4n) is 6.73. The fraction of sp³-hybridized carbons (Fsp3) is 0.531. The quantitative estimate of drug-likeness (QED) is 0.328. The molecule has 1 N–H and O–H groups in total. The second kappa shape index (κ2) is 13.0. The Hall–Kier alpha value is -3.21. The zero-order valence-electron chi connectivity index (χ0n) is 25.5. The van der Waals surface area contributed by atoms with E-state index in [1.807, 2.05) is 40.0 Å². The van der Waals surface area contributed by atoms with E-state index >= 15 is 0 Å². The molecule has 0 bridgehead atoms. The number of rotatable bonds is 11. The van der Waals surface area contributed by atoms with Crippen LogP contribution in [0.1, 0.15) is 50.0 Å². The normalized spacial score (nSPS) is 21.5. The number of carbonyl (C=O) groups is 1. The first kappa shape index (κ1) is 30.3. The van der Waals surface area contributed by atoms with Gasteiger partial charge in [-0.2, -0.15) is 0 Å². The van der Waals surface area contributed by atoms with Crippen molar-refractivity contribution in [2.45, 2.75) is 76.4 Å². The molecule has 0 aliphatic carbocycles. The predicted octanol–water partition coefficient (Wildman–Crippen LogP) is 4.50. The maximum Gasteiger partial charge on any atom is 0.226 e. The third kappa shape index (κ3) is 6.11. The first-order valence-electron chi connectivity index (χ1n) is 15.0. The van der Waals surface area contributed by atoms with E-state index in [1.54, 1.807) is 14.2 Å². The van der Waals surface area contributed by atoms with Crippen molar-refractivity contribution in [2.24, 2.45) is 5.92 Å². The van der Waals surface area contributed by atoms with Gasteiger partial charge in [-0.1, -0.05) is 42.6 Å². The zero-order valence-corrected chi connectivity index (χ0v) is 26.5. The van der Waals surface area contributed by atoms with Gasteiger partial charge in [-0.05, 0) is 55.1 Å². The van der Waals surface area contributed by atoms with E-state index in [2.05, 4.69) is 48.5 Å². The van der Waals surface area contributed by atoms with Crippen molar-refractivity contribution in [3.63, 3.8) is 0 Å². The maximum atomic E-state index is 12.7. The molecule has 0 spiro atoms. The van der Waals surface area contributed by atoms with Gasteiger partial charge >= 0.3 is 0 Å². The van der Waals surface area contributed by atoms with E-state index in [0.717, 1.165) is 54.3 Å². The number of carbonyl (C=O) groups excluding carboxylic acids is 1. The van der Waals surface area contributed by atoms with Crippen LogP contribution in [0.25, 0.3) is 0 Å². The van der Waals surface area contributed by atoms with Crippen LogP contribution in [0.2, 0.25) is 18.6 Å². The topological polar surface area (TPSA) is 98.9 Å². The van der Waals surface area contributed by atoms with Gasteiger partial charge in [0.25, 0.3) is 0 Å². The predicted molar refractivity (Wildman–Crippen MR) is 165 cm³/mol. The van der Waals surface area contributed by atoms with E-state index in [4.69, 9.17) is 14.2 Å². The molecule has 5 rings (SSSR count). The van der Waals surface area contributed by atoms with E-state index in [9.17, 15) is 9.90 Å². The van der Waals surface area contributed by atoms with Crippen LogP contribution in [0.15, 0.2) is 48.7 Å². The average molecular weight is 593 g/mol. The number of benzene rings is 2. The van der Waals surface area contributed by atoms with Crippen LogP contribution in [0.3, 0.4) is 0 Å². The molecule has 2 aliphatic rings. The highest BCUT2D eigenvalue weighted by atomic mass is 28.3. The second-order valence-corrected chi connectivity index (χ2v) is 16.9. The lowest BCUT2D eigenvalue weighted by molar-refractivity contribution is -0.119. The van der Waals surface area contributed by atoms with Crippen LogP contribution in [-0.2, 0) is 22.5 Å². The van der Waals surface area contributed by atoms with Gasteiger partial charge in [0, 0.05) is 63.0 Å². The standard InChI is InChI=1S/C32H44N4O5Si/c1-22-31(40-3)27-20-24(36-17-7-6-8-30(36)38)9-14-28(27)41-32(22)29(15-18-35-21-23(16-19-37)33-34-35)42(4,5)26-12-10-25(39-2)11-13-26/h9-14,20-22,29,31-32,37H,6-8,15-19H2,1-5H3/t22-,29?,31-,32-/m0/s1. The SMILES string of the molecule is COc1ccc([Si](C)(C)C(CCn2cc(CCO)nn2)[C@H]2Oc3ccc(N4CCCCC4=O)cc3[C@@H](OC)[C@@H]2C)cc1. The van der Waals surface area contributed by atoms with E-state index in [-0.39, 0.29) is 36.2 Å². The molecule has 1 aromatic heterocycles. The Kier molecular flexibility index (Phi) is 9.34. The summed E-state index contributed by atoms with van der Waals surface area (Å²) in [6.07, 6.45) is 5.60. The molecule has 1 amide bonds. The number of nitrogens with zero attached hydrogens (tertiary/aromatic N) is 4. The minimum absolute atomic E-state index is 0.0532. The molecule has 1 saturated heterocycles. The van der Waals surface area contributed by atoms with Crippen molar-refractivity contribution in [1.82, 2.24) is 15.0 Å². The van der Waals surface area contributed by atoms with Gasteiger partial charge in [0.1, 0.15) is 17.6 Å². The molecule has 3 heterocycles. The fourth-order valence-corrected chi connectivity index (χ4v) is 10.2. The van der Waals surface area contributed by atoms with Crippen molar-refractivity contribution in [3.05, 3.63) is 59.9 Å². The highest BCUT2D eigenvalue weighted by Crippen LogP contribution is 2.48. The summed E-state index contributed by atoms with van der Waals surface area (Å²) in [5.41, 5.74) is 2.94. The van der Waals surface area contributed by atoms with Crippen molar-refractivity contribution in [3.8, 4) is 11.5 Å². The van der Waals surface area contributed by atoms with E-state index < -0.39 is 8.07 Å². The third-order valence-electron chi connectivity index (χ3n) is 9.23. The van der Waals surface area contributed by atoms with Gasteiger partial charge in [-0.25, -0.2) is 0 Å². The summed E-state index contributed by atoms with van der Waals surface area (Å²) in [4.78, 5) is 14.6. The van der Waals surface area contributed by atoms with Crippen LogP contribution in [0, 0.1) is 5.92 Å². The summed E-state index contributed by atoms with van der Waals surface area (Å²) in [6.45, 7) is 8.55. The lowest BCUT2D eigenvalue weighted by Crippen LogP contribution is -2.54. The molecule has 4 atom stereocenters. The number of ether oxygens (including phenoxy) is 3. The van der Waals surface area contributed by atoms with Gasteiger partial charge in [-0.15, -0.1) is 5.10 Å². The molecule has 1 fully saturated rings. The third-order valence-corrected chi connectivity index (χ3v) is 13.5. The Bertz CT molecular complexity index is 1360. The molecule has 226 valence electrons.